The minimum Gasteiger partial charge on any atom is -0.341 e. The summed E-state index contributed by atoms with van der Waals surface area (Å²) in [6, 6.07) is 1.98. The van der Waals surface area contributed by atoms with Gasteiger partial charge in [-0.2, -0.15) is 5.26 Å². The zero-order valence-corrected chi connectivity index (χ0v) is 9.33. The molecule has 1 heterocycles. The smallest absolute Gasteiger partial charge is 0.239 e. The van der Waals surface area contributed by atoms with E-state index in [1.165, 1.54) is 0 Å². The molecule has 0 aliphatic carbocycles. The van der Waals surface area contributed by atoms with E-state index < -0.39 is 0 Å². The van der Waals surface area contributed by atoms with E-state index in [0.717, 1.165) is 38.9 Å². The van der Waals surface area contributed by atoms with E-state index in [4.69, 9.17) is 5.26 Å². The SMILES string of the molecule is CC(NCCCC#N)C(=O)N1CCCC1. The van der Waals surface area contributed by atoms with E-state index in [2.05, 4.69) is 11.4 Å². The topological polar surface area (TPSA) is 56.1 Å². The Hall–Kier alpha value is -1.08. The van der Waals surface area contributed by atoms with Crippen molar-refractivity contribution in [2.75, 3.05) is 19.6 Å². The fraction of sp³-hybridized carbons (Fsp3) is 0.818. The van der Waals surface area contributed by atoms with Crippen molar-refractivity contribution in [3.63, 3.8) is 0 Å². The van der Waals surface area contributed by atoms with Gasteiger partial charge in [-0.05, 0) is 32.7 Å². The van der Waals surface area contributed by atoms with E-state index >= 15 is 0 Å². The van der Waals surface area contributed by atoms with Gasteiger partial charge in [0, 0.05) is 19.5 Å². The highest BCUT2D eigenvalue weighted by Gasteiger charge is 2.22. The highest BCUT2D eigenvalue weighted by Crippen LogP contribution is 2.08. The van der Waals surface area contributed by atoms with Crippen molar-refractivity contribution in [3.05, 3.63) is 0 Å². The first-order chi connectivity index (χ1) is 7.25. The molecule has 1 unspecified atom stereocenters. The number of amides is 1. The average Bonchev–Trinajstić information content (AvgIpc) is 2.76. The Morgan fingerprint density at radius 2 is 2.20 bits per heavy atom. The van der Waals surface area contributed by atoms with Crippen LogP contribution in [0.15, 0.2) is 0 Å². The molecule has 1 aliphatic rings. The molecule has 1 saturated heterocycles. The van der Waals surface area contributed by atoms with E-state index in [1.54, 1.807) is 0 Å². The minimum atomic E-state index is -0.109. The van der Waals surface area contributed by atoms with Crippen molar-refractivity contribution in [1.29, 1.82) is 5.26 Å². The summed E-state index contributed by atoms with van der Waals surface area (Å²) in [6.07, 6.45) is 3.63. The van der Waals surface area contributed by atoms with Gasteiger partial charge in [0.1, 0.15) is 0 Å². The molecule has 1 amide bonds. The molecule has 0 aromatic carbocycles. The van der Waals surface area contributed by atoms with Crippen LogP contribution in [0, 0.1) is 11.3 Å². The van der Waals surface area contributed by atoms with Crippen molar-refractivity contribution in [2.45, 2.75) is 38.6 Å². The van der Waals surface area contributed by atoms with Gasteiger partial charge in [0.05, 0.1) is 12.1 Å². The number of likely N-dealkylation sites (tertiary alicyclic amines) is 1. The second-order valence-corrected chi connectivity index (χ2v) is 3.97. The Kier molecular flexibility index (Phi) is 5.13. The van der Waals surface area contributed by atoms with Gasteiger partial charge >= 0.3 is 0 Å². The fourth-order valence-corrected chi connectivity index (χ4v) is 1.78. The number of nitriles is 1. The van der Waals surface area contributed by atoms with Gasteiger partial charge in [0.2, 0.25) is 5.91 Å². The molecule has 1 atom stereocenters. The molecule has 4 heteroatoms. The summed E-state index contributed by atoms with van der Waals surface area (Å²) >= 11 is 0. The van der Waals surface area contributed by atoms with Crippen LogP contribution in [0.5, 0.6) is 0 Å². The Morgan fingerprint density at radius 3 is 2.80 bits per heavy atom. The number of unbranched alkanes of at least 4 members (excludes halogenated alkanes) is 1. The highest BCUT2D eigenvalue weighted by atomic mass is 16.2. The molecule has 84 valence electrons. The number of carbonyl (C=O) groups excluding carboxylic acids is 1. The Morgan fingerprint density at radius 1 is 1.53 bits per heavy atom. The van der Waals surface area contributed by atoms with E-state index in [0.29, 0.717) is 6.42 Å². The van der Waals surface area contributed by atoms with Crippen molar-refractivity contribution in [1.82, 2.24) is 10.2 Å². The molecular weight excluding hydrogens is 190 g/mol. The molecule has 15 heavy (non-hydrogen) atoms. The van der Waals surface area contributed by atoms with Gasteiger partial charge < -0.3 is 10.2 Å². The normalized spacial score (nSPS) is 17.5. The Bertz CT molecular complexity index is 241. The summed E-state index contributed by atoms with van der Waals surface area (Å²) in [5.41, 5.74) is 0. The molecule has 0 radical (unpaired) electrons. The second-order valence-electron chi connectivity index (χ2n) is 3.97. The molecule has 1 N–H and O–H groups in total. The monoisotopic (exact) mass is 209 g/mol. The summed E-state index contributed by atoms with van der Waals surface area (Å²) in [7, 11) is 0. The van der Waals surface area contributed by atoms with Gasteiger partial charge in [-0.15, -0.1) is 0 Å². The lowest BCUT2D eigenvalue weighted by Gasteiger charge is -2.20. The first-order valence-corrected chi connectivity index (χ1v) is 5.65. The third kappa shape index (κ3) is 3.88. The third-order valence-corrected chi connectivity index (χ3v) is 2.70. The van der Waals surface area contributed by atoms with E-state index in [9.17, 15) is 4.79 Å². The molecule has 1 fully saturated rings. The first kappa shape index (κ1) is 12.0. The minimum absolute atomic E-state index is 0.109. The summed E-state index contributed by atoms with van der Waals surface area (Å²) in [5, 5.41) is 11.5. The van der Waals surface area contributed by atoms with Gasteiger partial charge in [-0.3, -0.25) is 4.79 Å². The molecule has 4 nitrogen and oxygen atoms in total. The van der Waals surface area contributed by atoms with Crippen molar-refractivity contribution >= 4 is 5.91 Å². The van der Waals surface area contributed by atoms with Crippen LogP contribution in [0.3, 0.4) is 0 Å². The molecule has 0 bridgehead atoms. The van der Waals surface area contributed by atoms with Crippen LogP contribution < -0.4 is 5.32 Å². The Labute approximate surface area is 91.2 Å². The van der Waals surface area contributed by atoms with Gasteiger partial charge in [-0.1, -0.05) is 0 Å². The lowest BCUT2D eigenvalue weighted by atomic mass is 10.2. The molecule has 1 rings (SSSR count). The maximum Gasteiger partial charge on any atom is 0.239 e. The zero-order chi connectivity index (χ0) is 11.1. The molecule has 0 aromatic rings. The van der Waals surface area contributed by atoms with Crippen molar-refractivity contribution < 1.29 is 4.79 Å². The largest absolute Gasteiger partial charge is 0.341 e. The van der Waals surface area contributed by atoms with Crippen molar-refractivity contribution in [2.24, 2.45) is 0 Å². The number of carbonyl (C=O) groups is 1. The number of nitrogens with zero attached hydrogens (tertiary/aromatic N) is 2. The van der Waals surface area contributed by atoms with E-state index in [-0.39, 0.29) is 11.9 Å². The maximum atomic E-state index is 11.8. The van der Waals surface area contributed by atoms with Crippen LogP contribution in [0.1, 0.15) is 32.6 Å². The number of nitrogens with one attached hydrogen (secondary N) is 1. The third-order valence-electron chi connectivity index (χ3n) is 2.70. The first-order valence-electron chi connectivity index (χ1n) is 5.65. The van der Waals surface area contributed by atoms with Gasteiger partial charge in [0.25, 0.3) is 0 Å². The average molecular weight is 209 g/mol. The van der Waals surface area contributed by atoms with Gasteiger partial charge in [-0.25, -0.2) is 0 Å². The maximum absolute atomic E-state index is 11.8. The van der Waals surface area contributed by atoms with Crippen LogP contribution in [0.25, 0.3) is 0 Å². The predicted octanol–water partition coefficient (Wildman–Crippen LogP) is 0.891. The number of hydrogen-bond acceptors (Lipinski definition) is 3. The van der Waals surface area contributed by atoms with Crippen molar-refractivity contribution in [3.8, 4) is 6.07 Å². The summed E-state index contributed by atoms with van der Waals surface area (Å²) in [4.78, 5) is 13.7. The van der Waals surface area contributed by atoms with Crippen LogP contribution in [0.2, 0.25) is 0 Å². The van der Waals surface area contributed by atoms with Crippen LogP contribution in [0.4, 0.5) is 0 Å². The quantitative estimate of drug-likeness (QED) is 0.684. The summed E-state index contributed by atoms with van der Waals surface area (Å²) < 4.78 is 0. The summed E-state index contributed by atoms with van der Waals surface area (Å²) in [6.45, 7) is 4.45. The van der Waals surface area contributed by atoms with Crippen LogP contribution >= 0.6 is 0 Å². The zero-order valence-electron chi connectivity index (χ0n) is 9.33. The molecule has 0 aromatic heterocycles. The molecule has 0 saturated carbocycles. The Balaban J connectivity index is 2.18. The molecule has 1 aliphatic heterocycles. The lowest BCUT2D eigenvalue weighted by molar-refractivity contribution is -0.131. The predicted molar refractivity (Wildman–Crippen MR) is 58.1 cm³/mol. The summed E-state index contributed by atoms with van der Waals surface area (Å²) in [5.74, 6) is 0.199. The van der Waals surface area contributed by atoms with Crippen LogP contribution in [-0.4, -0.2) is 36.5 Å². The second kappa shape index (κ2) is 6.41. The number of rotatable bonds is 5. The van der Waals surface area contributed by atoms with E-state index in [1.807, 2.05) is 11.8 Å². The van der Waals surface area contributed by atoms with Gasteiger partial charge in [0.15, 0.2) is 0 Å². The van der Waals surface area contributed by atoms with Crippen LogP contribution in [-0.2, 0) is 4.79 Å². The highest BCUT2D eigenvalue weighted by molar-refractivity contribution is 5.81. The number of hydrogen-bond donors (Lipinski definition) is 1. The standard InChI is InChI=1S/C11H19N3O/c1-10(13-7-3-2-6-12)11(15)14-8-4-5-9-14/h10,13H,2-5,7-9H2,1H3. The molecule has 0 spiro atoms. The molecular formula is C11H19N3O. The fourth-order valence-electron chi connectivity index (χ4n) is 1.78. The lowest BCUT2D eigenvalue weighted by Crippen LogP contribution is -2.43.